The zero-order valence-electron chi connectivity index (χ0n) is 20.2. The molecule has 1 atom stereocenters. The van der Waals surface area contributed by atoms with Gasteiger partial charge in [0, 0.05) is 0 Å². The maximum Gasteiger partial charge on any atom is -0.00726 e. The van der Waals surface area contributed by atoms with Crippen LogP contribution >= 0.6 is 12.6 Å². The van der Waals surface area contributed by atoms with Crippen LogP contribution in [0.2, 0.25) is 0 Å². The van der Waals surface area contributed by atoms with E-state index >= 15 is 0 Å². The molecule has 0 aromatic heterocycles. The average Bonchev–Trinajstić information content (AvgIpc) is 2.72. The first kappa shape index (κ1) is 29.7. The Kier molecular flexibility index (Phi) is 21.8. The van der Waals surface area contributed by atoms with Gasteiger partial charge in [-0.3, -0.25) is 0 Å². The zero-order valence-corrected chi connectivity index (χ0v) is 21.1. The minimum atomic E-state index is 0.944. The van der Waals surface area contributed by atoms with Crippen molar-refractivity contribution < 1.29 is 0 Å². The number of allylic oxidation sites excluding steroid dienone is 1. The third-order valence-corrected chi connectivity index (χ3v) is 4.36. The summed E-state index contributed by atoms with van der Waals surface area (Å²) in [4.78, 5) is 0. The highest BCUT2D eigenvalue weighted by molar-refractivity contribution is 7.80. The van der Waals surface area contributed by atoms with Gasteiger partial charge in [-0.1, -0.05) is 126 Å². The van der Waals surface area contributed by atoms with Gasteiger partial charge >= 0.3 is 0 Å². The van der Waals surface area contributed by atoms with E-state index < -0.39 is 0 Å². The molecular formula is C28H46S. The molecule has 0 aliphatic carbocycles. The highest BCUT2D eigenvalue weighted by Crippen LogP contribution is 2.08. The molecule has 0 aliphatic heterocycles. The number of thiol groups is 1. The lowest BCUT2D eigenvalue weighted by atomic mass is 10.0. The summed E-state index contributed by atoms with van der Waals surface area (Å²) < 4.78 is 0. The van der Waals surface area contributed by atoms with Gasteiger partial charge in [0.05, 0.1) is 0 Å². The second-order valence-electron chi connectivity index (χ2n) is 7.58. The number of hydrogen-bond donors (Lipinski definition) is 1. The van der Waals surface area contributed by atoms with E-state index in [-0.39, 0.29) is 0 Å². The van der Waals surface area contributed by atoms with Crippen LogP contribution < -0.4 is 0 Å². The minimum absolute atomic E-state index is 0.944. The van der Waals surface area contributed by atoms with E-state index in [2.05, 4.69) is 109 Å². The van der Waals surface area contributed by atoms with Gasteiger partial charge in [0.2, 0.25) is 0 Å². The van der Waals surface area contributed by atoms with Crippen molar-refractivity contribution in [2.75, 3.05) is 5.75 Å². The summed E-state index contributed by atoms with van der Waals surface area (Å²) in [5, 5.41) is 0. The van der Waals surface area contributed by atoms with E-state index in [9.17, 15) is 0 Å². The summed E-state index contributed by atoms with van der Waals surface area (Å²) in [6, 6.07) is 19.0. The SMILES string of the molecule is C=C(C)Cc1ccc(C)cc1.CCCC(C)CC.CCS.CCc1ccccc1. The van der Waals surface area contributed by atoms with E-state index in [1.54, 1.807) is 0 Å². The van der Waals surface area contributed by atoms with Gasteiger partial charge < -0.3 is 0 Å². The van der Waals surface area contributed by atoms with Gasteiger partial charge in [-0.25, -0.2) is 0 Å². The van der Waals surface area contributed by atoms with Gasteiger partial charge in [-0.15, -0.1) is 0 Å². The van der Waals surface area contributed by atoms with Gasteiger partial charge in [0.1, 0.15) is 0 Å². The molecular weight excluding hydrogens is 368 g/mol. The number of aryl methyl sites for hydroxylation is 2. The predicted molar refractivity (Wildman–Crippen MR) is 139 cm³/mol. The van der Waals surface area contributed by atoms with Crippen LogP contribution in [0.4, 0.5) is 0 Å². The Hall–Kier alpha value is -1.47. The van der Waals surface area contributed by atoms with Gasteiger partial charge in [-0.05, 0) is 49.5 Å². The molecule has 0 N–H and O–H groups in total. The van der Waals surface area contributed by atoms with Crippen molar-refractivity contribution in [2.24, 2.45) is 5.92 Å². The Labute approximate surface area is 188 Å². The van der Waals surface area contributed by atoms with Crippen LogP contribution in [0.1, 0.15) is 77.5 Å². The van der Waals surface area contributed by atoms with E-state index in [0.29, 0.717) is 0 Å². The monoisotopic (exact) mass is 414 g/mol. The molecule has 2 aromatic carbocycles. The molecule has 1 heteroatoms. The predicted octanol–water partition coefficient (Wildman–Crippen LogP) is 9.13. The molecule has 29 heavy (non-hydrogen) atoms. The summed E-state index contributed by atoms with van der Waals surface area (Å²) in [5.41, 5.74) is 5.29. The molecule has 1 unspecified atom stereocenters. The van der Waals surface area contributed by atoms with Crippen LogP contribution in [-0.4, -0.2) is 5.75 Å². The highest BCUT2D eigenvalue weighted by Gasteiger charge is 1.92. The molecule has 0 radical (unpaired) electrons. The van der Waals surface area contributed by atoms with Crippen LogP contribution in [0.5, 0.6) is 0 Å². The van der Waals surface area contributed by atoms with Crippen molar-refractivity contribution in [3.05, 3.63) is 83.4 Å². The van der Waals surface area contributed by atoms with Gasteiger partial charge in [-0.2, -0.15) is 12.6 Å². The Morgan fingerprint density at radius 3 is 1.72 bits per heavy atom. The molecule has 0 aliphatic rings. The maximum absolute atomic E-state index is 3.87. The van der Waals surface area contributed by atoms with E-state index in [4.69, 9.17) is 0 Å². The van der Waals surface area contributed by atoms with Crippen molar-refractivity contribution in [1.29, 1.82) is 0 Å². The zero-order chi connectivity index (χ0) is 22.5. The Balaban J connectivity index is 0. The maximum atomic E-state index is 3.87. The lowest BCUT2D eigenvalue weighted by Crippen LogP contribution is -1.88. The smallest absolute Gasteiger partial charge is 0.00726 e. The molecule has 0 spiro atoms. The fourth-order valence-electron chi connectivity index (χ4n) is 2.47. The van der Waals surface area contributed by atoms with E-state index in [1.807, 2.05) is 13.0 Å². The molecule has 0 heterocycles. The first-order valence-corrected chi connectivity index (χ1v) is 11.8. The molecule has 0 saturated heterocycles. The van der Waals surface area contributed by atoms with E-state index in [1.165, 1.54) is 41.5 Å². The van der Waals surface area contributed by atoms with Crippen molar-refractivity contribution in [3.8, 4) is 0 Å². The van der Waals surface area contributed by atoms with Crippen molar-refractivity contribution in [3.63, 3.8) is 0 Å². The first-order chi connectivity index (χ1) is 13.8. The molecule has 2 rings (SSSR count). The first-order valence-electron chi connectivity index (χ1n) is 11.2. The fourth-order valence-corrected chi connectivity index (χ4v) is 2.47. The van der Waals surface area contributed by atoms with Crippen LogP contribution in [0.25, 0.3) is 0 Å². The second kappa shape index (κ2) is 21.2. The lowest BCUT2D eigenvalue weighted by molar-refractivity contribution is 0.509. The second-order valence-corrected chi connectivity index (χ2v) is 8.21. The number of rotatable bonds is 6. The largest absolute Gasteiger partial charge is 0.180 e. The minimum Gasteiger partial charge on any atom is -0.180 e. The average molecular weight is 415 g/mol. The topological polar surface area (TPSA) is 0 Å². The van der Waals surface area contributed by atoms with Crippen molar-refractivity contribution >= 4 is 12.6 Å². The van der Waals surface area contributed by atoms with E-state index in [0.717, 1.165) is 24.5 Å². The summed E-state index contributed by atoms with van der Waals surface area (Å²) in [6.45, 7) is 19.0. The Morgan fingerprint density at radius 1 is 0.897 bits per heavy atom. The highest BCUT2D eigenvalue weighted by atomic mass is 32.1. The molecule has 164 valence electrons. The third kappa shape index (κ3) is 21.1. The summed E-state index contributed by atoms with van der Waals surface area (Å²) >= 11 is 3.79. The molecule has 0 saturated carbocycles. The summed E-state index contributed by atoms with van der Waals surface area (Å²) in [7, 11) is 0. The Morgan fingerprint density at radius 2 is 1.41 bits per heavy atom. The van der Waals surface area contributed by atoms with Gasteiger partial charge in [0.15, 0.2) is 0 Å². The van der Waals surface area contributed by atoms with Crippen molar-refractivity contribution in [2.45, 2.75) is 80.6 Å². The lowest BCUT2D eigenvalue weighted by Gasteiger charge is -2.02. The Bertz CT molecular complexity index is 583. The molecule has 0 bridgehead atoms. The molecule has 2 aromatic rings. The van der Waals surface area contributed by atoms with Crippen LogP contribution in [0.3, 0.4) is 0 Å². The standard InChI is InChI=1S/C11H14.C8H10.C7H16.C2H6S/c1-9(2)8-11-6-4-10(3)5-7-11;1-2-8-6-4-3-5-7-8;1-4-6-7(3)5-2;1-2-3/h4-7H,1,8H2,2-3H3;3-7H,2H2,1H3;7H,4-6H2,1-3H3;3H,2H2,1H3. The number of hydrogen-bond acceptors (Lipinski definition) is 1. The van der Waals surface area contributed by atoms with Crippen LogP contribution in [0, 0.1) is 12.8 Å². The quantitative estimate of drug-likeness (QED) is 0.353. The summed E-state index contributed by atoms with van der Waals surface area (Å²) in [6.07, 6.45) is 6.22. The summed E-state index contributed by atoms with van der Waals surface area (Å²) in [5.74, 6) is 1.89. The van der Waals surface area contributed by atoms with Crippen molar-refractivity contribution in [1.82, 2.24) is 0 Å². The van der Waals surface area contributed by atoms with Gasteiger partial charge in [0.25, 0.3) is 0 Å². The molecule has 0 amide bonds. The normalized spacial score (nSPS) is 10.2. The van der Waals surface area contributed by atoms with Crippen LogP contribution in [-0.2, 0) is 12.8 Å². The third-order valence-electron chi connectivity index (χ3n) is 4.36. The molecule has 0 fully saturated rings. The number of benzene rings is 2. The van der Waals surface area contributed by atoms with Crippen LogP contribution in [0.15, 0.2) is 66.7 Å². The fraction of sp³-hybridized carbons (Fsp3) is 0.500. The molecule has 0 nitrogen and oxygen atoms in total.